The van der Waals surface area contributed by atoms with E-state index < -0.39 is 4.92 Å². The highest BCUT2D eigenvalue weighted by Crippen LogP contribution is 2.31. The molecule has 1 amide bonds. The van der Waals surface area contributed by atoms with Crippen LogP contribution in [0.3, 0.4) is 0 Å². The van der Waals surface area contributed by atoms with Gasteiger partial charge in [-0.3, -0.25) is 14.9 Å². The van der Waals surface area contributed by atoms with E-state index in [4.69, 9.17) is 0 Å². The number of carbonyl (C=O) groups excluding carboxylic acids is 1. The first-order valence-electron chi connectivity index (χ1n) is 6.17. The van der Waals surface area contributed by atoms with Gasteiger partial charge in [-0.05, 0) is 41.9 Å². The lowest BCUT2D eigenvalue weighted by Crippen LogP contribution is -2.46. The predicted molar refractivity (Wildman–Crippen MR) is 83.2 cm³/mol. The minimum Gasteiger partial charge on any atom is -0.336 e. The van der Waals surface area contributed by atoms with Gasteiger partial charge in [-0.2, -0.15) is 11.8 Å². The Morgan fingerprint density at radius 1 is 1.50 bits per heavy atom. The quantitative estimate of drug-likeness (QED) is 0.600. The highest BCUT2D eigenvalue weighted by molar-refractivity contribution is 9.10. The number of halogens is 1. The first kappa shape index (κ1) is 15.3. The molecule has 1 heterocycles. The summed E-state index contributed by atoms with van der Waals surface area (Å²) in [6, 6.07) is 4.50. The molecular formula is C13H15BrN2O3S. The molecule has 0 atom stereocenters. The second-order valence-electron chi connectivity index (χ2n) is 5.26. The fourth-order valence-corrected chi connectivity index (χ4v) is 3.66. The SMILES string of the molecule is CC1(C)CN(C(=O)c2ccc(Br)c([N+](=O)[O-])c2)CCS1. The van der Waals surface area contributed by atoms with Crippen LogP contribution in [-0.2, 0) is 0 Å². The molecule has 0 aromatic heterocycles. The van der Waals surface area contributed by atoms with Gasteiger partial charge in [-0.25, -0.2) is 0 Å². The van der Waals surface area contributed by atoms with E-state index >= 15 is 0 Å². The third-order valence-electron chi connectivity index (χ3n) is 3.10. The molecule has 1 saturated heterocycles. The molecule has 20 heavy (non-hydrogen) atoms. The zero-order valence-corrected chi connectivity index (χ0v) is 13.7. The molecule has 0 aliphatic carbocycles. The third kappa shape index (κ3) is 3.32. The van der Waals surface area contributed by atoms with E-state index in [1.165, 1.54) is 6.07 Å². The Hall–Kier alpha value is -1.08. The van der Waals surface area contributed by atoms with Gasteiger partial charge < -0.3 is 4.90 Å². The van der Waals surface area contributed by atoms with Crippen LogP contribution in [0.25, 0.3) is 0 Å². The number of amides is 1. The van der Waals surface area contributed by atoms with E-state index in [-0.39, 0.29) is 16.3 Å². The molecule has 1 aromatic rings. The lowest BCUT2D eigenvalue weighted by atomic mass is 10.1. The van der Waals surface area contributed by atoms with Crippen LogP contribution in [0.4, 0.5) is 5.69 Å². The summed E-state index contributed by atoms with van der Waals surface area (Å²) in [7, 11) is 0. The van der Waals surface area contributed by atoms with Gasteiger partial charge in [0.1, 0.15) is 0 Å². The van der Waals surface area contributed by atoms with Crippen molar-refractivity contribution in [1.82, 2.24) is 4.90 Å². The van der Waals surface area contributed by atoms with Crippen LogP contribution < -0.4 is 0 Å². The second-order valence-corrected chi connectivity index (χ2v) is 7.91. The van der Waals surface area contributed by atoms with Crippen LogP contribution in [-0.4, -0.2) is 39.3 Å². The topological polar surface area (TPSA) is 63.5 Å². The maximum Gasteiger partial charge on any atom is 0.284 e. The largest absolute Gasteiger partial charge is 0.336 e. The van der Waals surface area contributed by atoms with Crippen molar-refractivity contribution in [2.24, 2.45) is 0 Å². The molecule has 1 aliphatic heterocycles. The smallest absolute Gasteiger partial charge is 0.284 e. The summed E-state index contributed by atoms with van der Waals surface area (Å²) < 4.78 is 0.406. The van der Waals surface area contributed by atoms with Gasteiger partial charge in [-0.15, -0.1) is 0 Å². The van der Waals surface area contributed by atoms with Gasteiger partial charge in [0.05, 0.1) is 9.40 Å². The zero-order chi connectivity index (χ0) is 14.9. The van der Waals surface area contributed by atoms with E-state index in [0.717, 1.165) is 5.75 Å². The predicted octanol–water partition coefficient (Wildman–Crippen LogP) is 3.32. The Morgan fingerprint density at radius 3 is 2.80 bits per heavy atom. The molecule has 0 spiro atoms. The van der Waals surface area contributed by atoms with E-state index in [1.807, 2.05) is 11.8 Å². The lowest BCUT2D eigenvalue weighted by Gasteiger charge is -2.37. The fraction of sp³-hybridized carbons (Fsp3) is 0.462. The molecule has 1 aromatic carbocycles. The van der Waals surface area contributed by atoms with Crippen LogP contribution in [0.2, 0.25) is 0 Å². The number of hydrogen-bond acceptors (Lipinski definition) is 4. The number of rotatable bonds is 2. The maximum absolute atomic E-state index is 12.5. The van der Waals surface area contributed by atoms with Gasteiger partial charge in [0.2, 0.25) is 0 Å². The zero-order valence-electron chi connectivity index (χ0n) is 11.3. The van der Waals surface area contributed by atoms with Crippen LogP contribution in [0.5, 0.6) is 0 Å². The Labute approximate surface area is 130 Å². The van der Waals surface area contributed by atoms with Crippen molar-refractivity contribution in [3.63, 3.8) is 0 Å². The standard InChI is InChI=1S/C13H15BrN2O3S/c1-13(2)8-15(5-6-20-13)12(17)9-3-4-10(14)11(7-9)16(18)19/h3-4,7H,5-6,8H2,1-2H3. The van der Waals surface area contributed by atoms with E-state index in [0.29, 0.717) is 23.1 Å². The van der Waals surface area contributed by atoms with Gasteiger partial charge >= 0.3 is 0 Å². The van der Waals surface area contributed by atoms with Crippen molar-refractivity contribution in [3.05, 3.63) is 38.3 Å². The molecule has 7 heteroatoms. The number of thioether (sulfide) groups is 1. The highest BCUT2D eigenvalue weighted by Gasteiger charge is 2.30. The molecule has 2 rings (SSSR count). The minimum atomic E-state index is -0.489. The summed E-state index contributed by atoms with van der Waals surface area (Å²) in [5, 5.41) is 10.9. The summed E-state index contributed by atoms with van der Waals surface area (Å²) in [5.74, 6) is 0.742. The Bertz CT molecular complexity index is 563. The maximum atomic E-state index is 12.5. The molecule has 0 bridgehead atoms. The molecule has 108 valence electrons. The molecule has 1 aliphatic rings. The van der Waals surface area contributed by atoms with Crippen molar-refractivity contribution in [2.45, 2.75) is 18.6 Å². The third-order valence-corrected chi connectivity index (χ3v) is 5.07. The number of nitro benzene ring substituents is 1. The Balaban J connectivity index is 2.25. The van der Waals surface area contributed by atoms with Crippen molar-refractivity contribution in [1.29, 1.82) is 0 Å². The molecule has 0 radical (unpaired) electrons. The average molecular weight is 359 g/mol. The summed E-state index contributed by atoms with van der Waals surface area (Å²) in [4.78, 5) is 24.7. The summed E-state index contributed by atoms with van der Waals surface area (Å²) >= 11 is 4.96. The summed E-state index contributed by atoms with van der Waals surface area (Å²) in [6.07, 6.45) is 0. The molecular weight excluding hydrogens is 344 g/mol. The van der Waals surface area contributed by atoms with Crippen molar-refractivity contribution >= 4 is 39.3 Å². The minimum absolute atomic E-state index is 0.0230. The van der Waals surface area contributed by atoms with Crippen LogP contribution in [0.1, 0.15) is 24.2 Å². The Kier molecular flexibility index (Phi) is 4.39. The monoisotopic (exact) mass is 358 g/mol. The van der Waals surface area contributed by atoms with Crippen LogP contribution in [0, 0.1) is 10.1 Å². The van der Waals surface area contributed by atoms with Crippen molar-refractivity contribution in [2.75, 3.05) is 18.8 Å². The molecule has 1 fully saturated rings. The van der Waals surface area contributed by atoms with Gasteiger partial charge in [0, 0.05) is 35.2 Å². The number of hydrogen-bond donors (Lipinski definition) is 0. The normalized spacial score (nSPS) is 17.9. The molecule has 0 N–H and O–H groups in total. The first-order valence-corrected chi connectivity index (χ1v) is 7.95. The van der Waals surface area contributed by atoms with Gasteiger partial charge in [-0.1, -0.05) is 0 Å². The number of nitrogens with zero attached hydrogens (tertiary/aromatic N) is 2. The van der Waals surface area contributed by atoms with E-state index in [1.54, 1.807) is 17.0 Å². The van der Waals surface area contributed by atoms with Crippen LogP contribution >= 0.6 is 27.7 Å². The highest BCUT2D eigenvalue weighted by atomic mass is 79.9. The number of benzene rings is 1. The summed E-state index contributed by atoms with van der Waals surface area (Å²) in [6.45, 7) is 5.53. The second kappa shape index (κ2) is 5.73. The first-order chi connectivity index (χ1) is 9.30. The summed E-state index contributed by atoms with van der Waals surface area (Å²) in [5.41, 5.74) is 0.282. The van der Waals surface area contributed by atoms with E-state index in [2.05, 4.69) is 29.8 Å². The van der Waals surface area contributed by atoms with Gasteiger partial charge in [0.25, 0.3) is 11.6 Å². The Morgan fingerprint density at radius 2 is 2.20 bits per heavy atom. The molecule has 0 saturated carbocycles. The molecule has 5 nitrogen and oxygen atoms in total. The van der Waals surface area contributed by atoms with Gasteiger partial charge in [0.15, 0.2) is 0 Å². The van der Waals surface area contributed by atoms with Crippen molar-refractivity contribution in [3.8, 4) is 0 Å². The van der Waals surface area contributed by atoms with E-state index in [9.17, 15) is 14.9 Å². The average Bonchev–Trinajstić information content (AvgIpc) is 2.37. The number of carbonyl (C=O) groups is 1. The lowest BCUT2D eigenvalue weighted by molar-refractivity contribution is -0.385. The molecule has 0 unspecified atom stereocenters. The van der Waals surface area contributed by atoms with Crippen molar-refractivity contribution < 1.29 is 9.72 Å². The number of nitro groups is 1. The van der Waals surface area contributed by atoms with Crippen LogP contribution in [0.15, 0.2) is 22.7 Å². The fourth-order valence-electron chi connectivity index (χ4n) is 2.16.